The van der Waals surface area contributed by atoms with Gasteiger partial charge in [0.1, 0.15) is 11.4 Å². The summed E-state index contributed by atoms with van der Waals surface area (Å²) in [5, 5.41) is 3.93. The molecule has 4 rings (SSSR count). The van der Waals surface area contributed by atoms with Crippen molar-refractivity contribution < 1.29 is 14.1 Å². The van der Waals surface area contributed by atoms with E-state index in [1.807, 2.05) is 30.3 Å². The number of likely N-dealkylation sites (tertiary alicyclic amines) is 1. The molecule has 1 aromatic carbocycles. The molecule has 0 radical (unpaired) electrons. The van der Waals surface area contributed by atoms with E-state index in [1.54, 1.807) is 30.4 Å². The van der Waals surface area contributed by atoms with Crippen molar-refractivity contribution in [2.75, 3.05) is 13.1 Å². The van der Waals surface area contributed by atoms with E-state index >= 15 is 0 Å². The van der Waals surface area contributed by atoms with Gasteiger partial charge in [-0.05, 0) is 19.1 Å². The lowest BCUT2D eigenvalue weighted by atomic mass is 9.99. The highest BCUT2D eigenvalue weighted by Crippen LogP contribution is 2.28. The maximum Gasteiger partial charge on any atom is 0.263 e. The Kier molecular flexibility index (Phi) is 4.30. The molecule has 8 nitrogen and oxygen atoms in total. The molecule has 0 spiro atoms. The van der Waals surface area contributed by atoms with Crippen molar-refractivity contribution in [2.24, 2.45) is 0 Å². The number of amides is 1. The minimum atomic E-state index is -0.545. The molecule has 1 aliphatic heterocycles. The largest absolute Gasteiger partial charge is 0.481 e. The molecular formula is C18H17N5O3. The van der Waals surface area contributed by atoms with Crippen LogP contribution in [0.1, 0.15) is 18.7 Å². The Morgan fingerprint density at radius 2 is 2.08 bits per heavy atom. The number of hydrogen-bond donors (Lipinski definition) is 0. The van der Waals surface area contributed by atoms with Gasteiger partial charge in [-0.15, -0.1) is 0 Å². The summed E-state index contributed by atoms with van der Waals surface area (Å²) in [6.45, 7) is 2.81. The molecule has 3 heterocycles. The summed E-state index contributed by atoms with van der Waals surface area (Å²) in [6.07, 6.45) is 4.19. The monoisotopic (exact) mass is 351 g/mol. The maximum absolute atomic E-state index is 12.4. The lowest BCUT2D eigenvalue weighted by Gasteiger charge is -2.38. The van der Waals surface area contributed by atoms with Gasteiger partial charge in [0, 0.05) is 25.5 Å². The third kappa shape index (κ3) is 3.26. The number of nitrogens with zero attached hydrogens (tertiary/aromatic N) is 5. The summed E-state index contributed by atoms with van der Waals surface area (Å²) in [5.74, 6) is 1.56. The zero-order valence-corrected chi connectivity index (χ0v) is 14.1. The first kappa shape index (κ1) is 16.2. The van der Waals surface area contributed by atoms with E-state index in [2.05, 4.69) is 20.1 Å². The molecule has 0 N–H and O–H groups in total. The van der Waals surface area contributed by atoms with E-state index < -0.39 is 6.10 Å². The molecular weight excluding hydrogens is 334 g/mol. The van der Waals surface area contributed by atoms with Crippen molar-refractivity contribution in [3.63, 3.8) is 0 Å². The van der Waals surface area contributed by atoms with Crippen LogP contribution in [0.3, 0.4) is 0 Å². The minimum absolute atomic E-state index is 0.0285. The molecule has 1 unspecified atom stereocenters. The Morgan fingerprint density at radius 3 is 2.81 bits per heavy atom. The van der Waals surface area contributed by atoms with Gasteiger partial charge in [-0.25, -0.2) is 4.98 Å². The Bertz CT molecular complexity index is 878. The fourth-order valence-corrected chi connectivity index (χ4v) is 2.75. The van der Waals surface area contributed by atoms with Crippen LogP contribution in [0.25, 0.3) is 11.5 Å². The minimum Gasteiger partial charge on any atom is -0.481 e. The topological polar surface area (TPSA) is 94.2 Å². The van der Waals surface area contributed by atoms with Crippen LogP contribution in [0.4, 0.5) is 0 Å². The number of rotatable bonds is 5. The average Bonchev–Trinajstić information content (AvgIpc) is 3.11. The first-order valence-electron chi connectivity index (χ1n) is 8.31. The SMILES string of the molecule is CC(Oc1ccccc1)C(=O)N1CC(c2nc(-c3cnccn3)no2)C1. The summed E-state index contributed by atoms with van der Waals surface area (Å²) < 4.78 is 11.0. The predicted molar refractivity (Wildman–Crippen MR) is 91.2 cm³/mol. The molecule has 1 atom stereocenters. The molecule has 1 aliphatic rings. The summed E-state index contributed by atoms with van der Waals surface area (Å²) in [7, 11) is 0. The van der Waals surface area contributed by atoms with Crippen molar-refractivity contribution in [1.82, 2.24) is 25.0 Å². The number of benzene rings is 1. The quantitative estimate of drug-likeness (QED) is 0.693. The van der Waals surface area contributed by atoms with Crippen molar-refractivity contribution in [3.8, 4) is 17.3 Å². The van der Waals surface area contributed by atoms with Crippen LogP contribution in [0.2, 0.25) is 0 Å². The summed E-state index contributed by atoms with van der Waals surface area (Å²) in [5.41, 5.74) is 0.555. The van der Waals surface area contributed by atoms with Crippen LogP contribution in [0.5, 0.6) is 5.75 Å². The fourth-order valence-electron chi connectivity index (χ4n) is 2.75. The summed E-state index contributed by atoms with van der Waals surface area (Å²) >= 11 is 0. The summed E-state index contributed by atoms with van der Waals surface area (Å²) in [4.78, 5) is 26.7. The van der Waals surface area contributed by atoms with Crippen molar-refractivity contribution >= 4 is 5.91 Å². The lowest BCUT2D eigenvalue weighted by Crippen LogP contribution is -2.52. The molecule has 0 bridgehead atoms. The van der Waals surface area contributed by atoms with Crippen molar-refractivity contribution in [3.05, 3.63) is 54.8 Å². The van der Waals surface area contributed by atoms with Crippen molar-refractivity contribution in [1.29, 1.82) is 0 Å². The van der Waals surface area contributed by atoms with Gasteiger partial charge in [0.25, 0.3) is 5.91 Å². The first-order chi connectivity index (χ1) is 12.7. The molecule has 0 aliphatic carbocycles. The van der Waals surface area contributed by atoms with Gasteiger partial charge < -0.3 is 14.2 Å². The number of carbonyl (C=O) groups excluding carboxylic acids is 1. The molecule has 1 fully saturated rings. The zero-order valence-electron chi connectivity index (χ0n) is 14.1. The molecule has 132 valence electrons. The Morgan fingerprint density at radius 1 is 1.27 bits per heavy atom. The Hall–Kier alpha value is -3.29. The molecule has 1 saturated heterocycles. The Balaban J connectivity index is 1.34. The fraction of sp³-hybridized carbons (Fsp3) is 0.278. The van der Waals surface area contributed by atoms with Gasteiger partial charge in [0.05, 0.1) is 12.1 Å². The van der Waals surface area contributed by atoms with Gasteiger partial charge in [0.15, 0.2) is 6.10 Å². The van der Waals surface area contributed by atoms with Gasteiger partial charge in [-0.2, -0.15) is 4.98 Å². The third-order valence-corrected chi connectivity index (χ3v) is 4.18. The van der Waals surface area contributed by atoms with Crippen LogP contribution in [0.15, 0.2) is 53.4 Å². The molecule has 26 heavy (non-hydrogen) atoms. The Labute approximate surface area is 149 Å². The highest BCUT2D eigenvalue weighted by Gasteiger charge is 2.37. The van der Waals surface area contributed by atoms with E-state index in [9.17, 15) is 4.79 Å². The number of hydrogen-bond acceptors (Lipinski definition) is 7. The van der Waals surface area contributed by atoms with E-state index in [4.69, 9.17) is 9.26 Å². The van der Waals surface area contributed by atoms with Gasteiger partial charge in [0.2, 0.25) is 11.7 Å². The van der Waals surface area contributed by atoms with Crippen LogP contribution in [-0.2, 0) is 4.79 Å². The third-order valence-electron chi connectivity index (χ3n) is 4.18. The van der Waals surface area contributed by atoms with Gasteiger partial charge in [-0.1, -0.05) is 23.4 Å². The zero-order chi connectivity index (χ0) is 17.9. The first-order valence-corrected chi connectivity index (χ1v) is 8.31. The smallest absolute Gasteiger partial charge is 0.263 e. The van der Waals surface area contributed by atoms with Crippen LogP contribution >= 0.6 is 0 Å². The second-order valence-corrected chi connectivity index (χ2v) is 6.06. The highest BCUT2D eigenvalue weighted by molar-refractivity contribution is 5.81. The van der Waals surface area contributed by atoms with Crippen LogP contribution in [-0.4, -0.2) is 50.1 Å². The van der Waals surface area contributed by atoms with Gasteiger partial charge >= 0.3 is 0 Å². The lowest BCUT2D eigenvalue weighted by molar-refractivity contribution is -0.142. The van der Waals surface area contributed by atoms with Gasteiger partial charge in [-0.3, -0.25) is 9.78 Å². The second-order valence-electron chi connectivity index (χ2n) is 6.06. The van der Waals surface area contributed by atoms with E-state index in [0.717, 1.165) is 0 Å². The normalized spacial score (nSPS) is 15.3. The average molecular weight is 351 g/mol. The number of aromatic nitrogens is 4. The number of ether oxygens (including phenoxy) is 1. The number of para-hydroxylation sites is 1. The maximum atomic E-state index is 12.4. The molecule has 0 saturated carbocycles. The van der Waals surface area contributed by atoms with Crippen LogP contribution in [0, 0.1) is 0 Å². The van der Waals surface area contributed by atoms with Crippen LogP contribution < -0.4 is 4.74 Å². The molecule has 1 amide bonds. The van der Waals surface area contributed by atoms with E-state index in [1.165, 1.54) is 0 Å². The number of carbonyl (C=O) groups is 1. The van der Waals surface area contributed by atoms with E-state index in [0.29, 0.717) is 36.2 Å². The summed E-state index contributed by atoms with van der Waals surface area (Å²) in [6, 6.07) is 9.30. The van der Waals surface area contributed by atoms with Crippen molar-refractivity contribution in [2.45, 2.75) is 18.9 Å². The second kappa shape index (κ2) is 6.91. The predicted octanol–water partition coefficient (Wildman–Crippen LogP) is 1.92. The highest BCUT2D eigenvalue weighted by atomic mass is 16.5. The molecule has 3 aromatic rings. The standard InChI is InChI=1S/C18H17N5O3/c1-12(25-14-5-3-2-4-6-14)18(24)23-10-13(11-23)17-21-16(22-26-17)15-9-19-7-8-20-15/h2-9,12-13H,10-11H2,1H3. The molecule has 2 aromatic heterocycles. The molecule has 8 heteroatoms. The van der Waals surface area contributed by atoms with E-state index in [-0.39, 0.29) is 11.8 Å².